The van der Waals surface area contributed by atoms with E-state index in [1.807, 2.05) is 37.2 Å². The van der Waals surface area contributed by atoms with Crippen LogP contribution in [0.1, 0.15) is 46.5 Å². The molecule has 1 N–H and O–H groups in total. The van der Waals surface area contributed by atoms with E-state index in [-0.39, 0.29) is 17.1 Å². The molecule has 0 fully saturated rings. The Bertz CT molecular complexity index is 1090. The van der Waals surface area contributed by atoms with Crippen LogP contribution < -0.4 is 19.7 Å². The molecule has 0 bridgehead atoms. The van der Waals surface area contributed by atoms with Crippen molar-refractivity contribution in [3.8, 4) is 11.5 Å². The Morgan fingerprint density at radius 1 is 1.06 bits per heavy atom. The topological polar surface area (TPSA) is 77.1 Å². The highest BCUT2D eigenvalue weighted by molar-refractivity contribution is 6.01. The molecule has 0 aliphatic heterocycles. The quantitative estimate of drug-likeness (QED) is 0.461. The molecule has 0 atom stereocenters. The molecule has 0 radical (unpaired) electrons. The maximum absolute atomic E-state index is 12.6. The minimum atomic E-state index is -4.57. The number of amides is 1. The van der Waals surface area contributed by atoms with Crippen LogP contribution in [-0.4, -0.2) is 45.9 Å². The fourth-order valence-corrected chi connectivity index (χ4v) is 3.30. The summed E-state index contributed by atoms with van der Waals surface area (Å²) in [6.07, 6.45) is -1.93. The average molecular weight is 495 g/mol. The predicted octanol–water partition coefficient (Wildman–Crippen LogP) is 5.54. The first-order valence-electron chi connectivity index (χ1n) is 10.7. The Kier molecular flexibility index (Phi) is 9.16. The number of nitrogens with one attached hydrogen (secondary N) is 1. The van der Waals surface area contributed by atoms with Crippen molar-refractivity contribution in [2.75, 3.05) is 32.8 Å². The molecule has 2 rings (SSSR count). The number of anilines is 2. The number of alkyl halides is 3. The molecule has 0 heterocycles. The predicted molar refractivity (Wildman–Crippen MR) is 127 cm³/mol. The third-order valence-corrected chi connectivity index (χ3v) is 5.23. The van der Waals surface area contributed by atoms with Crippen LogP contribution in [0, 0.1) is 6.92 Å². The van der Waals surface area contributed by atoms with Gasteiger partial charge in [0, 0.05) is 24.0 Å². The number of carbonyl (C=O) groups is 2. The molecule has 0 saturated carbocycles. The number of carbonyl (C=O) groups excluding carboxylic acids is 2. The second-order valence-electron chi connectivity index (χ2n) is 7.72. The highest BCUT2D eigenvalue weighted by atomic mass is 19.4. The number of nitrogens with zero attached hydrogens (tertiary/aromatic N) is 1. The van der Waals surface area contributed by atoms with Crippen LogP contribution in [-0.2, 0) is 4.74 Å². The van der Waals surface area contributed by atoms with E-state index >= 15 is 0 Å². The molecule has 2 aromatic rings. The van der Waals surface area contributed by atoms with Crippen molar-refractivity contribution >= 4 is 23.3 Å². The Labute approximate surface area is 202 Å². The highest BCUT2D eigenvalue weighted by Gasteiger charge is 2.30. The second-order valence-corrected chi connectivity index (χ2v) is 7.72. The van der Waals surface area contributed by atoms with Gasteiger partial charge in [-0.25, -0.2) is 4.79 Å². The largest absolute Gasteiger partial charge is 0.496 e. The first-order valence-corrected chi connectivity index (χ1v) is 10.7. The fourth-order valence-electron chi connectivity index (χ4n) is 3.30. The van der Waals surface area contributed by atoms with E-state index in [2.05, 4.69) is 0 Å². The first-order chi connectivity index (χ1) is 16.4. The van der Waals surface area contributed by atoms with Gasteiger partial charge in [-0.15, -0.1) is 0 Å². The Morgan fingerprint density at radius 3 is 2.11 bits per heavy atom. The van der Waals surface area contributed by atoms with E-state index < -0.39 is 24.6 Å². The van der Waals surface area contributed by atoms with Gasteiger partial charge >= 0.3 is 12.1 Å². The molecule has 0 saturated heterocycles. The van der Waals surface area contributed by atoms with Crippen molar-refractivity contribution in [3.05, 3.63) is 58.8 Å². The number of benzene rings is 2. The normalized spacial score (nSPS) is 11.6. The molecule has 0 aromatic heterocycles. The van der Waals surface area contributed by atoms with E-state index in [0.29, 0.717) is 11.3 Å². The van der Waals surface area contributed by atoms with Crippen LogP contribution in [0.2, 0.25) is 0 Å². The number of hydrogen-bond acceptors (Lipinski definition) is 6. The number of aryl methyl sites for hydroxylation is 1. The summed E-state index contributed by atoms with van der Waals surface area (Å²) in [6, 6.07) is 8.15. The molecular weight excluding hydrogens is 465 g/mol. The minimum Gasteiger partial charge on any atom is -0.496 e. The van der Waals surface area contributed by atoms with Gasteiger partial charge in [-0.05, 0) is 44.0 Å². The van der Waals surface area contributed by atoms with Crippen LogP contribution >= 0.6 is 0 Å². The van der Waals surface area contributed by atoms with Crippen molar-refractivity contribution in [2.45, 2.75) is 33.4 Å². The number of methoxy groups -OCH3 is 3. The van der Waals surface area contributed by atoms with Crippen molar-refractivity contribution in [2.24, 2.45) is 0 Å². The zero-order valence-corrected chi connectivity index (χ0v) is 20.5. The van der Waals surface area contributed by atoms with Gasteiger partial charge in [0.25, 0.3) is 5.91 Å². The molecule has 0 aliphatic rings. The number of hydrogen-bond donors (Lipinski definition) is 1. The zero-order chi connectivity index (χ0) is 26.3. The molecule has 10 heteroatoms. The highest BCUT2D eigenvalue weighted by Crippen LogP contribution is 2.39. The number of allylic oxidation sites excluding steroid dienone is 1. The molecule has 190 valence electrons. The summed E-state index contributed by atoms with van der Waals surface area (Å²) in [7, 11) is 3.93. The van der Waals surface area contributed by atoms with Crippen molar-refractivity contribution in [3.63, 3.8) is 0 Å². The van der Waals surface area contributed by atoms with Gasteiger partial charge in [0.2, 0.25) is 0 Å². The van der Waals surface area contributed by atoms with E-state index in [0.717, 1.165) is 23.2 Å². The lowest BCUT2D eigenvalue weighted by atomic mass is 10.1. The molecule has 0 unspecified atom stereocenters. The van der Waals surface area contributed by atoms with E-state index in [9.17, 15) is 22.8 Å². The molecule has 0 aliphatic carbocycles. The Morgan fingerprint density at radius 2 is 1.66 bits per heavy atom. The Hall–Kier alpha value is -3.69. The maximum Gasteiger partial charge on any atom is 0.405 e. The summed E-state index contributed by atoms with van der Waals surface area (Å²) < 4.78 is 53.4. The van der Waals surface area contributed by atoms with Crippen LogP contribution in [0.4, 0.5) is 24.5 Å². The minimum absolute atomic E-state index is 0.0374. The third-order valence-electron chi connectivity index (χ3n) is 5.23. The summed E-state index contributed by atoms with van der Waals surface area (Å²) in [5.41, 5.74) is 3.27. The lowest BCUT2D eigenvalue weighted by Crippen LogP contribution is -2.34. The van der Waals surface area contributed by atoms with Gasteiger partial charge in [0.05, 0.1) is 32.6 Å². The fraction of sp³-hybridized carbons (Fsp3) is 0.360. The second kappa shape index (κ2) is 11.6. The SMILES string of the molecule is CC/C(C)=C\N(c1cc(OC)c(C(=O)NCC(F)(F)F)c(OC)c1)c1ccc(C(=O)OC)cc1C. The average Bonchev–Trinajstić information content (AvgIpc) is 2.83. The van der Waals surface area contributed by atoms with Gasteiger partial charge < -0.3 is 24.4 Å². The molecule has 35 heavy (non-hydrogen) atoms. The van der Waals surface area contributed by atoms with Crippen molar-refractivity contribution in [1.29, 1.82) is 0 Å². The number of halogens is 3. The van der Waals surface area contributed by atoms with Crippen molar-refractivity contribution < 1.29 is 37.0 Å². The van der Waals surface area contributed by atoms with E-state index in [4.69, 9.17) is 14.2 Å². The summed E-state index contributed by atoms with van der Waals surface area (Å²) in [4.78, 5) is 26.3. The molecule has 2 aromatic carbocycles. The van der Waals surface area contributed by atoms with Crippen LogP contribution in [0.15, 0.2) is 42.1 Å². The number of esters is 1. The summed E-state index contributed by atoms with van der Waals surface area (Å²) in [6.45, 7) is 4.28. The van der Waals surface area contributed by atoms with Gasteiger partial charge in [-0.1, -0.05) is 12.5 Å². The first kappa shape index (κ1) is 27.6. The lowest BCUT2D eigenvalue weighted by molar-refractivity contribution is -0.123. The summed E-state index contributed by atoms with van der Waals surface area (Å²) in [5, 5.41) is 1.85. The van der Waals surface area contributed by atoms with Crippen LogP contribution in [0.5, 0.6) is 11.5 Å². The monoisotopic (exact) mass is 494 g/mol. The van der Waals surface area contributed by atoms with Gasteiger partial charge in [0.15, 0.2) is 0 Å². The third kappa shape index (κ3) is 6.91. The molecular formula is C25H29F3N2O5. The van der Waals surface area contributed by atoms with E-state index in [1.165, 1.54) is 33.5 Å². The summed E-state index contributed by atoms with van der Waals surface area (Å²) in [5.74, 6) is -1.37. The molecule has 7 nitrogen and oxygen atoms in total. The zero-order valence-electron chi connectivity index (χ0n) is 20.5. The van der Waals surface area contributed by atoms with Crippen LogP contribution in [0.3, 0.4) is 0 Å². The van der Waals surface area contributed by atoms with Crippen molar-refractivity contribution in [1.82, 2.24) is 5.32 Å². The van der Waals surface area contributed by atoms with Gasteiger partial charge in [-0.2, -0.15) is 13.2 Å². The van der Waals surface area contributed by atoms with Gasteiger partial charge in [0.1, 0.15) is 23.6 Å². The number of ether oxygens (including phenoxy) is 3. The van der Waals surface area contributed by atoms with Gasteiger partial charge in [-0.3, -0.25) is 4.79 Å². The summed E-state index contributed by atoms with van der Waals surface area (Å²) >= 11 is 0. The smallest absolute Gasteiger partial charge is 0.405 e. The molecule has 1 amide bonds. The standard InChI is InChI=1S/C25H29F3N2O5/c1-7-15(2)13-30(19-9-8-17(10-16(19)3)24(32)35-6)18-11-20(33-4)22(21(12-18)34-5)23(31)29-14-25(26,27)28/h8-13H,7,14H2,1-6H3,(H,29,31)/b15-13-. The Balaban J connectivity index is 2.65. The molecule has 0 spiro atoms. The number of rotatable bonds is 9. The maximum atomic E-state index is 12.6. The van der Waals surface area contributed by atoms with E-state index in [1.54, 1.807) is 18.2 Å². The lowest BCUT2D eigenvalue weighted by Gasteiger charge is -2.26. The van der Waals surface area contributed by atoms with Crippen LogP contribution in [0.25, 0.3) is 0 Å².